The summed E-state index contributed by atoms with van der Waals surface area (Å²) in [7, 11) is 0. The molecule has 2 atom stereocenters. The van der Waals surface area contributed by atoms with Crippen molar-refractivity contribution in [2.45, 2.75) is 56.5 Å². The topological polar surface area (TPSA) is 38.7 Å². The van der Waals surface area contributed by atoms with Crippen molar-refractivity contribution in [3.63, 3.8) is 0 Å². The summed E-state index contributed by atoms with van der Waals surface area (Å²) < 4.78 is 12.5. The molecule has 2 fully saturated rings. The zero-order valence-electron chi connectivity index (χ0n) is 11.6. The van der Waals surface area contributed by atoms with E-state index in [9.17, 15) is 5.11 Å². The Balaban J connectivity index is 1.86. The molecule has 20 heavy (non-hydrogen) atoms. The second kappa shape index (κ2) is 6.02. The molecule has 1 N–H and O–H groups in total. The van der Waals surface area contributed by atoms with Crippen LogP contribution in [0.15, 0.2) is 24.3 Å². The highest BCUT2D eigenvalue weighted by molar-refractivity contribution is 6.31. The maximum Gasteiger partial charge on any atom is 0.169 e. The summed E-state index contributed by atoms with van der Waals surface area (Å²) in [5.41, 5.74) is 0.968. The summed E-state index contributed by atoms with van der Waals surface area (Å²) in [4.78, 5) is 0. The highest BCUT2D eigenvalue weighted by atomic mass is 35.5. The zero-order valence-corrected chi connectivity index (χ0v) is 12.3. The van der Waals surface area contributed by atoms with Gasteiger partial charge >= 0.3 is 0 Å². The number of rotatable bonds is 3. The van der Waals surface area contributed by atoms with Gasteiger partial charge in [0.1, 0.15) is 6.10 Å². The molecule has 1 aliphatic heterocycles. The number of ether oxygens (including phenoxy) is 2. The number of hydrogen-bond acceptors (Lipinski definition) is 3. The minimum atomic E-state index is -0.456. The zero-order chi connectivity index (χ0) is 14.0. The van der Waals surface area contributed by atoms with Crippen molar-refractivity contribution in [1.29, 1.82) is 0 Å². The van der Waals surface area contributed by atoms with Crippen molar-refractivity contribution in [2.24, 2.45) is 0 Å². The third-order valence-electron chi connectivity index (χ3n) is 4.29. The predicted molar refractivity (Wildman–Crippen MR) is 77.7 cm³/mol. The Morgan fingerprint density at radius 2 is 1.90 bits per heavy atom. The van der Waals surface area contributed by atoms with Gasteiger partial charge in [0, 0.05) is 30.0 Å². The van der Waals surface area contributed by atoms with E-state index in [1.165, 1.54) is 6.42 Å². The molecule has 2 aliphatic rings. The molecule has 0 bridgehead atoms. The van der Waals surface area contributed by atoms with E-state index in [2.05, 4.69) is 0 Å². The van der Waals surface area contributed by atoms with Crippen molar-refractivity contribution in [3.05, 3.63) is 34.9 Å². The predicted octanol–water partition coefficient (Wildman–Crippen LogP) is 3.84. The van der Waals surface area contributed by atoms with Crippen molar-refractivity contribution < 1.29 is 14.6 Å². The first-order valence-corrected chi connectivity index (χ1v) is 7.83. The Morgan fingerprint density at radius 1 is 1.15 bits per heavy atom. The molecule has 3 nitrogen and oxygen atoms in total. The molecule has 0 aromatic heterocycles. The molecule has 1 aromatic carbocycles. The summed E-state index contributed by atoms with van der Waals surface area (Å²) in [6.07, 6.45) is 5.70. The summed E-state index contributed by atoms with van der Waals surface area (Å²) in [6, 6.07) is 7.75. The van der Waals surface area contributed by atoms with E-state index in [0.29, 0.717) is 11.4 Å². The second-order valence-electron chi connectivity index (χ2n) is 5.70. The van der Waals surface area contributed by atoms with Gasteiger partial charge in [0.15, 0.2) is 5.79 Å². The minimum absolute atomic E-state index is 0.102. The van der Waals surface area contributed by atoms with Gasteiger partial charge in [-0.15, -0.1) is 0 Å². The number of hydrogen-bond donors (Lipinski definition) is 1. The molecule has 1 saturated heterocycles. The number of aliphatic hydroxyl groups is 1. The molecule has 1 unspecified atom stereocenters. The van der Waals surface area contributed by atoms with E-state index in [1.807, 2.05) is 24.3 Å². The minimum Gasteiger partial charge on any atom is -0.396 e. The van der Waals surface area contributed by atoms with E-state index in [0.717, 1.165) is 31.2 Å². The fraction of sp³-hybridized carbons (Fsp3) is 0.625. The average molecular weight is 297 g/mol. The summed E-state index contributed by atoms with van der Waals surface area (Å²) in [6.45, 7) is 0.102. The average Bonchev–Trinajstić information content (AvgIpc) is 2.79. The van der Waals surface area contributed by atoms with Gasteiger partial charge in [-0.1, -0.05) is 36.2 Å². The first kappa shape index (κ1) is 14.3. The van der Waals surface area contributed by atoms with Crippen LogP contribution in [-0.2, 0) is 9.47 Å². The number of halogens is 1. The molecule has 0 radical (unpaired) electrons. The van der Waals surface area contributed by atoms with Crippen molar-refractivity contribution in [3.8, 4) is 0 Å². The third-order valence-corrected chi connectivity index (χ3v) is 4.63. The molecule has 4 heteroatoms. The van der Waals surface area contributed by atoms with Crippen molar-refractivity contribution in [2.75, 3.05) is 6.61 Å². The first-order valence-electron chi connectivity index (χ1n) is 7.45. The maximum absolute atomic E-state index is 9.28. The summed E-state index contributed by atoms with van der Waals surface area (Å²) in [5, 5.41) is 9.98. The Hall–Kier alpha value is -0.610. The largest absolute Gasteiger partial charge is 0.396 e. The molecule has 3 rings (SSSR count). The monoisotopic (exact) mass is 296 g/mol. The molecule has 1 aromatic rings. The highest BCUT2D eigenvalue weighted by Gasteiger charge is 2.48. The van der Waals surface area contributed by atoms with E-state index in [4.69, 9.17) is 21.1 Å². The lowest BCUT2D eigenvalue weighted by atomic mass is 9.94. The lowest BCUT2D eigenvalue weighted by molar-refractivity contribution is -0.195. The highest BCUT2D eigenvalue weighted by Crippen LogP contribution is 2.47. The van der Waals surface area contributed by atoms with Crippen molar-refractivity contribution in [1.82, 2.24) is 0 Å². The van der Waals surface area contributed by atoms with Gasteiger partial charge in [-0.25, -0.2) is 0 Å². The Labute approximate surface area is 124 Å². The van der Waals surface area contributed by atoms with Crippen molar-refractivity contribution >= 4 is 11.6 Å². The van der Waals surface area contributed by atoms with Gasteiger partial charge in [-0.05, 0) is 25.3 Å². The van der Waals surface area contributed by atoms with Crippen LogP contribution in [0.2, 0.25) is 5.02 Å². The summed E-state index contributed by atoms with van der Waals surface area (Å²) >= 11 is 6.30. The van der Waals surface area contributed by atoms with Gasteiger partial charge in [0.2, 0.25) is 0 Å². The molecular weight excluding hydrogens is 276 g/mol. The molecule has 1 spiro atoms. The lowest BCUT2D eigenvalue weighted by Gasteiger charge is -2.32. The maximum atomic E-state index is 9.28. The third kappa shape index (κ3) is 2.73. The van der Waals surface area contributed by atoms with Gasteiger partial charge in [-0.3, -0.25) is 0 Å². The molecule has 1 aliphatic carbocycles. The normalized spacial score (nSPS) is 28.9. The SMILES string of the molecule is OCC[C@H]1OC2(CCCCC2)OC1c1ccccc1Cl. The van der Waals surface area contributed by atoms with Crippen LogP contribution in [0.5, 0.6) is 0 Å². The second-order valence-corrected chi connectivity index (χ2v) is 6.11. The van der Waals surface area contributed by atoms with Gasteiger partial charge in [0.25, 0.3) is 0 Å². The van der Waals surface area contributed by atoms with Crippen LogP contribution in [0.25, 0.3) is 0 Å². The van der Waals surface area contributed by atoms with Gasteiger partial charge < -0.3 is 14.6 Å². The Kier molecular flexibility index (Phi) is 4.32. The van der Waals surface area contributed by atoms with Crippen LogP contribution in [0.3, 0.4) is 0 Å². The van der Waals surface area contributed by atoms with Gasteiger partial charge in [-0.2, -0.15) is 0 Å². The number of aliphatic hydroxyl groups excluding tert-OH is 1. The molecule has 1 heterocycles. The van der Waals surface area contributed by atoms with E-state index >= 15 is 0 Å². The molecule has 0 amide bonds. The lowest BCUT2D eigenvalue weighted by Crippen LogP contribution is -2.33. The van der Waals surface area contributed by atoms with Crippen LogP contribution in [-0.4, -0.2) is 23.6 Å². The fourth-order valence-corrected chi connectivity index (χ4v) is 3.55. The van der Waals surface area contributed by atoms with Crippen LogP contribution < -0.4 is 0 Å². The first-order chi connectivity index (χ1) is 9.74. The quantitative estimate of drug-likeness (QED) is 0.921. The molecule has 1 saturated carbocycles. The Bertz CT molecular complexity index is 457. The van der Waals surface area contributed by atoms with E-state index < -0.39 is 5.79 Å². The molecular formula is C16H21ClO3. The Morgan fingerprint density at radius 3 is 2.60 bits per heavy atom. The van der Waals surface area contributed by atoms with Crippen LogP contribution in [0.1, 0.15) is 50.2 Å². The van der Waals surface area contributed by atoms with Crippen LogP contribution >= 0.6 is 11.6 Å². The van der Waals surface area contributed by atoms with Crippen LogP contribution in [0.4, 0.5) is 0 Å². The smallest absolute Gasteiger partial charge is 0.169 e. The van der Waals surface area contributed by atoms with Gasteiger partial charge in [0.05, 0.1) is 6.10 Å². The standard InChI is InChI=1S/C16H21ClO3/c17-13-7-3-2-6-12(13)15-14(8-11-18)19-16(20-15)9-4-1-5-10-16/h2-3,6-7,14-15,18H,1,4-5,8-11H2/t14-,15?/m1/s1. The summed E-state index contributed by atoms with van der Waals surface area (Å²) in [5.74, 6) is -0.456. The number of benzene rings is 1. The van der Waals surface area contributed by atoms with E-state index in [-0.39, 0.29) is 18.8 Å². The van der Waals surface area contributed by atoms with Crippen LogP contribution in [0, 0.1) is 0 Å². The molecule has 110 valence electrons. The fourth-order valence-electron chi connectivity index (χ4n) is 3.31. The van der Waals surface area contributed by atoms with E-state index in [1.54, 1.807) is 0 Å².